The van der Waals surface area contributed by atoms with Gasteiger partial charge in [-0.2, -0.15) is 0 Å². The first-order valence-corrected chi connectivity index (χ1v) is 8.63. The summed E-state index contributed by atoms with van der Waals surface area (Å²) in [6.45, 7) is 2.09. The van der Waals surface area contributed by atoms with E-state index in [0.29, 0.717) is 6.54 Å². The normalized spacial score (nSPS) is 31.1. The van der Waals surface area contributed by atoms with E-state index >= 15 is 0 Å². The Hall–Kier alpha value is -2.02. The zero-order valence-corrected chi connectivity index (χ0v) is 13.5. The third-order valence-corrected chi connectivity index (χ3v) is 6.09. The van der Waals surface area contributed by atoms with Crippen molar-refractivity contribution in [2.24, 2.45) is 23.7 Å². The van der Waals surface area contributed by atoms with Crippen LogP contribution in [0.2, 0.25) is 0 Å². The fraction of sp³-hybridized carbons (Fsp3) is 0.500. The highest BCUT2D eigenvalue weighted by atomic mass is 32.1. The maximum absolute atomic E-state index is 12.5. The minimum absolute atomic E-state index is 0.175. The first kappa shape index (κ1) is 14.6. The van der Waals surface area contributed by atoms with Gasteiger partial charge in [-0.25, -0.2) is 4.98 Å². The standard InChI is InChI=1S/C16H17N3O3S/c1-8-11(23-7-18-8)5-17-12(20)6-19-15(21)13-9-2-3-10(4-9)14(13)16(19)22/h2-3,7,9-10,13-14H,4-6H2,1H3,(H,17,20)/t9-,10-,13-,14-/m0/s1. The van der Waals surface area contributed by atoms with Crippen LogP contribution in [-0.2, 0) is 20.9 Å². The highest BCUT2D eigenvalue weighted by molar-refractivity contribution is 7.09. The number of hydrogen-bond donors (Lipinski definition) is 1. The molecule has 7 heteroatoms. The topological polar surface area (TPSA) is 79.4 Å². The lowest BCUT2D eigenvalue weighted by molar-refractivity contribution is -0.144. The number of hydrogen-bond acceptors (Lipinski definition) is 5. The number of carbonyl (C=O) groups is 3. The van der Waals surface area contributed by atoms with Gasteiger partial charge in [-0.1, -0.05) is 12.2 Å². The molecule has 2 bridgehead atoms. The largest absolute Gasteiger partial charge is 0.350 e. The van der Waals surface area contributed by atoms with Gasteiger partial charge in [-0.3, -0.25) is 19.3 Å². The molecule has 1 aromatic rings. The van der Waals surface area contributed by atoms with Crippen molar-refractivity contribution in [1.29, 1.82) is 0 Å². The van der Waals surface area contributed by atoms with E-state index < -0.39 is 0 Å². The Balaban J connectivity index is 1.40. The summed E-state index contributed by atoms with van der Waals surface area (Å²) in [6, 6.07) is 0. The lowest BCUT2D eigenvalue weighted by Crippen LogP contribution is -2.41. The van der Waals surface area contributed by atoms with Gasteiger partial charge in [0.15, 0.2) is 0 Å². The third kappa shape index (κ3) is 2.22. The average molecular weight is 331 g/mol. The SMILES string of the molecule is Cc1ncsc1CNC(=O)CN1C(=O)[C@@H]2[C@@H](C1=O)[C@H]1C=C[C@H]2C1. The maximum atomic E-state index is 12.5. The van der Waals surface area contributed by atoms with Gasteiger partial charge >= 0.3 is 0 Å². The molecular weight excluding hydrogens is 314 g/mol. The summed E-state index contributed by atoms with van der Waals surface area (Å²) >= 11 is 1.48. The molecule has 1 saturated heterocycles. The van der Waals surface area contributed by atoms with Crippen molar-refractivity contribution in [2.45, 2.75) is 19.9 Å². The molecule has 0 radical (unpaired) electrons. The van der Waals surface area contributed by atoms with Crippen LogP contribution < -0.4 is 5.32 Å². The molecule has 1 saturated carbocycles. The second-order valence-corrected chi connectivity index (χ2v) is 7.34. The first-order valence-electron chi connectivity index (χ1n) is 7.75. The molecule has 2 fully saturated rings. The van der Waals surface area contributed by atoms with Crippen LogP contribution in [0.1, 0.15) is 17.0 Å². The van der Waals surface area contributed by atoms with Crippen molar-refractivity contribution < 1.29 is 14.4 Å². The summed E-state index contributed by atoms with van der Waals surface area (Å²) in [7, 11) is 0. The van der Waals surface area contributed by atoms with E-state index in [4.69, 9.17) is 0 Å². The van der Waals surface area contributed by atoms with Crippen LogP contribution in [0.4, 0.5) is 0 Å². The number of imide groups is 1. The number of nitrogens with one attached hydrogen (secondary N) is 1. The monoisotopic (exact) mass is 331 g/mol. The third-order valence-electron chi connectivity index (χ3n) is 5.15. The second-order valence-electron chi connectivity index (χ2n) is 6.40. The van der Waals surface area contributed by atoms with Gasteiger partial charge in [0.05, 0.1) is 29.6 Å². The number of nitrogens with zero attached hydrogens (tertiary/aromatic N) is 2. The summed E-state index contributed by atoms with van der Waals surface area (Å²) < 4.78 is 0. The van der Waals surface area contributed by atoms with E-state index in [1.165, 1.54) is 11.3 Å². The van der Waals surface area contributed by atoms with Gasteiger partial charge in [0.2, 0.25) is 17.7 Å². The minimum Gasteiger partial charge on any atom is -0.350 e. The van der Waals surface area contributed by atoms with Crippen LogP contribution in [0.15, 0.2) is 17.7 Å². The number of allylic oxidation sites excluding steroid dienone is 2. The lowest BCUT2D eigenvalue weighted by atomic mass is 9.85. The first-order chi connectivity index (χ1) is 11.1. The number of amides is 3. The number of fused-ring (bicyclic) bond motifs is 5. The molecule has 1 N–H and O–H groups in total. The molecule has 0 spiro atoms. The van der Waals surface area contributed by atoms with Gasteiger partial charge in [0, 0.05) is 4.88 Å². The Kier molecular flexibility index (Phi) is 3.33. The molecule has 3 aliphatic rings. The number of likely N-dealkylation sites (tertiary alicyclic amines) is 1. The quantitative estimate of drug-likeness (QED) is 0.656. The number of carbonyl (C=O) groups excluding carboxylic acids is 3. The van der Waals surface area contributed by atoms with Crippen molar-refractivity contribution in [3.63, 3.8) is 0 Å². The number of thiazole rings is 1. The molecule has 4 atom stereocenters. The van der Waals surface area contributed by atoms with Crippen LogP contribution in [0, 0.1) is 30.6 Å². The molecule has 0 unspecified atom stereocenters. The summed E-state index contributed by atoms with van der Waals surface area (Å²) in [5, 5.41) is 2.77. The van der Waals surface area contributed by atoms with E-state index in [1.807, 2.05) is 19.1 Å². The van der Waals surface area contributed by atoms with Crippen LogP contribution in [-0.4, -0.2) is 34.2 Å². The van der Waals surface area contributed by atoms with E-state index in [9.17, 15) is 14.4 Å². The van der Waals surface area contributed by atoms with E-state index in [0.717, 1.165) is 21.9 Å². The second kappa shape index (κ2) is 5.26. The molecule has 6 nitrogen and oxygen atoms in total. The van der Waals surface area contributed by atoms with Crippen LogP contribution in [0.5, 0.6) is 0 Å². The van der Waals surface area contributed by atoms with Gasteiger partial charge in [0.25, 0.3) is 0 Å². The molecule has 120 valence electrons. The average Bonchev–Trinajstić information content (AvgIpc) is 3.27. The summed E-state index contributed by atoms with van der Waals surface area (Å²) in [4.78, 5) is 43.4. The van der Waals surface area contributed by atoms with E-state index in [2.05, 4.69) is 10.3 Å². The van der Waals surface area contributed by atoms with E-state index in [-0.39, 0.29) is 47.9 Å². The maximum Gasteiger partial charge on any atom is 0.240 e. The molecule has 4 rings (SSSR count). The fourth-order valence-electron chi connectivity index (χ4n) is 3.99. The zero-order chi connectivity index (χ0) is 16.1. The Bertz CT molecular complexity index is 696. The molecular formula is C16H17N3O3S. The van der Waals surface area contributed by atoms with Gasteiger partial charge < -0.3 is 5.32 Å². The summed E-state index contributed by atoms with van der Waals surface area (Å²) in [5.74, 6) is -0.798. The van der Waals surface area contributed by atoms with Gasteiger partial charge in [-0.15, -0.1) is 11.3 Å². The molecule has 1 aromatic heterocycles. The molecule has 2 aliphatic carbocycles. The van der Waals surface area contributed by atoms with Crippen molar-refractivity contribution in [3.05, 3.63) is 28.2 Å². The Morgan fingerprint density at radius 2 is 1.96 bits per heavy atom. The molecule has 23 heavy (non-hydrogen) atoms. The van der Waals surface area contributed by atoms with Crippen LogP contribution >= 0.6 is 11.3 Å². The van der Waals surface area contributed by atoms with Crippen LogP contribution in [0.25, 0.3) is 0 Å². The van der Waals surface area contributed by atoms with Gasteiger partial charge in [-0.05, 0) is 25.2 Å². The fourth-order valence-corrected chi connectivity index (χ4v) is 4.71. The Morgan fingerprint density at radius 1 is 1.30 bits per heavy atom. The van der Waals surface area contributed by atoms with Gasteiger partial charge in [0.1, 0.15) is 6.54 Å². The van der Waals surface area contributed by atoms with Crippen LogP contribution in [0.3, 0.4) is 0 Å². The Labute approximate surface area is 137 Å². The smallest absolute Gasteiger partial charge is 0.240 e. The van der Waals surface area contributed by atoms with Crippen molar-refractivity contribution in [2.75, 3.05) is 6.54 Å². The highest BCUT2D eigenvalue weighted by Crippen LogP contribution is 2.52. The van der Waals surface area contributed by atoms with Crippen molar-refractivity contribution in [1.82, 2.24) is 15.2 Å². The zero-order valence-electron chi connectivity index (χ0n) is 12.7. The van der Waals surface area contributed by atoms with E-state index in [1.54, 1.807) is 5.51 Å². The molecule has 3 amide bonds. The van der Waals surface area contributed by atoms with Crippen molar-refractivity contribution in [3.8, 4) is 0 Å². The number of aryl methyl sites for hydroxylation is 1. The number of rotatable bonds is 4. The Morgan fingerprint density at radius 3 is 2.52 bits per heavy atom. The summed E-state index contributed by atoms with van der Waals surface area (Å²) in [6.07, 6.45) is 5.00. The minimum atomic E-state index is -0.306. The predicted molar refractivity (Wildman–Crippen MR) is 83.1 cm³/mol. The van der Waals surface area contributed by atoms with Crippen molar-refractivity contribution >= 4 is 29.1 Å². The molecule has 2 heterocycles. The molecule has 1 aliphatic heterocycles. The highest BCUT2D eigenvalue weighted by Gasteiger charge is 2.59. The lowest BCUT2D eigenvalue weighted by Gasteiger charge is -2.16. The molecule has 0 aromatic carbocycles. The summed E-state index contributed by atoms with van der Waals surface area (Å²) in [5.41, 5.74) is 2.62. The predicted octanol–water partition coefficient (Wildman–Crippen LogP) is 0.875. The number of aromatic nitrogens is 1.